The van der Waals surface area contributed by atoms with E-state index in [0.717, 1.165) is 29.5 Å². The molecule has 31 heavy (non-hydrogen) atoms. The number of rotatable bonds is 5. The third-order valence-electron chi connectivity index (χ3n) is 5.03. The van der Waals surface area contributed by atoms with Gasteiger partial charge in [-0.15, -0.1) is 11.3 Å². The van der Waals surface area contributed by atoms with Crippen LogP contribution in [0.2, 0.25) is 0 Å². The van der Waals surface area contributed by atoms with E-state index in [2.05, 4.69) is 4.98 Å². The highest BCUT2D eigenvalue weighted by molar-refractivity contribution is 7.11. The molecule has 0 spiro atoms. The maximum atomic E-state index is 13.5. The van der Waals surface area contributed by atoms with Crippen molar-refractivity contribution in [2.24, 2.45) is 0 Å². The Morgan fingerprint density at radius 1 is 1.10 bits per heavy atom. The van der Waals surface area contributed by atoms with E-state index in [1.54, 1.807) is 41.8 Å². The Morgan fingerprint density at radius 2 is 1.77 bits per heavy atom. The Hall–Kier alpha value is -3.72. The first kappa shape index (κ1) is 20.5. The van der Waals surface area contributed by atoms with E-state index in [1.807, 2.05) is 0 Å². The number of nitrogens with zero attached hydrogens (tertiary/aromatic N) is 2. The first-order chi connectivity index (χ1) is 14.8. The van der Waals surface area contributed by atoms with Gasteiger partial charge in [0.25, 0.3) is 0 Å². The molecule has 1 unspecified atom stereocenters. The number of allylic oxidation sites excluding steroid dienone is 2. The molecular formula is C22H14F2N2O4S. The van der Waals surface area contributed by atoms with Gasteiger partial charge in [0, 0.05) is 27.5 Å². The molecule has 1 heterocycles. The van der Waals surface area contributed by atoms with Gasteiger partial charge >= 0.3 is 11.5 Å². The second-order valence-corrected chi connectivity index (χ2v) is 7.79. The van der Waals surface area contributed by atoms with Crippen molar-refractivity contribution in [3.63, 3.8) is 0 Å². The highest BCUT2D eigenvalue weighted by atomic mass is 32.1. The number of halogens is 2. The zero-order chi connectivity index (χ0) is 22.2. The van der Waals surface area contributed by atoms with E-state index in [9.17, 15) is 28.8 Å². The molecule has 3 aromatic rings. The maximum absolute atomic E-state index is 13.5. The van der Waals surface area contributed by atoms with Gasteiger partial charge in [-0.2, -0.15) is 0 Å². The molecule has 0 radical (unpaired) electrons. The van der Waals surface area contributed by atoms with Crippen molar-refractivity contribution in [1.29, 1.82) is 0 Å². The van der Waals surface area contributed by atoms with Gasteiger partial charge in [-0.25, -0.2) is 18.6 Å². The van der Waals surface area contributed by atoms with E-state index >= 15 is 0 Å². The van der Waals surface area contributed by atoms with E-state index in [0.29, 0.717) is 21.8 Å². The van der Waals surface area contributed by atoms with Crippen molar-refractivity contribution in [3.8, 4) is 11.3 Å². The molecule has 1 aromatic heterocycles. The zero-order valence-corrected chi connectivity index (χ0v) is 16.6. The number of carboxylic acid groups (broad SMARTS) is 1. The fraction of sp³-hybridized carbons (Fsp3) is 0.0909. The molecule has 9 heteroatoms. The monoisotopic (exact) mass is 440 g/mol. The summed E-state index contributed by atoms with van der Waals surface area (Å²) in [7, 11) is 0. The Bertz CT molecular complexity index is 1220. The highest BCUT2D eigenvalue weighted by Crippen LogP contribution is 2.43. The van der Waals surface area contributed by atoms with Crippen LogP contribution in [0.4, 0.5) is 8.78 Å². The minimum atomic E-state index is -2.39. The van der Waals surface area contributed by atoms with Crippen LogP contribution < -0.4 is 0 Å². The molecule has 0 saturated carbocycles. The fourth-order valence-electron chi connectivity index (χ4n) is 3.54. The van der Waals surface area contributed by atoms with Crippen LogP contribution in [0.25, 0.3) is 22.4 Å². The van der Waals surface area contributed by atoms with Crippen LogP contribution in [0.3, 0.4) is 0 Å². The fourth-order valence-corrected chi connectivity index (χ4v) is 4.39. The second-order valence-electron chi connectivity index (χ2n) is 6.93. The van der Waals surface area contributed by atoms with Crippen molar-refractivity contribution in [1.82, 2.24) is 4.98 Å². The standard InChI is InChI=1S/C22H14F2N2O4S/c23-16-8-15(9-17(24)10-16)19-12-31-20(25-19)14-6-7-18(13-4-2-1-3-5-13)22(11-14,21(27)28)26(29)30/h1-10,12H,11H2,(H,27,28). The summed E-state index contributed by atoms with van der Waals surface area (Å²) >= 11 is 1.11. The van der Waals surface area contributed by atoms with Crippen molar-refractivity contribution in [2.45, 2.75) is 12.0 Å². The molecule has 0 amide bonds. The molecule has 4 rings (SSSR count). The largest absolute Gasteiger partial charge is 0.476 e. The number of carboxylic acids is 1. The lowest BCUT2D eigenvalue weighted by Gasteiger charge is -2.27. The molecule has 1 atom stereocenters. The summed E-state index contributed by atoms with van der Waals surface area (Å²) in [5, 5.41) is 23.8. The van der Waals surface area contributed by atoms with Crippen LogP contribution in [0.15, 0.2) is 66.1 Å². The number of hydrogen-bond acceptors (Lipinski definition) is 5. The van der Waals surface area contributed by atoms with Crippen molar-refractivity contribution in [3.05, 3.63) is 98.4 Å². The lowest BCUT2D eigenvalue weighted by atomic mass is 9.77. The molecule has 0 fully saturated rings. The predicted octanol–water partition coefficient (Wildman–Crippen LogP) is 5.06. The van der Waals surface area contributed by atoms with Crippen molar-refractivity contribution >= 4 is 28.5 Å². The van der Waals surface area contributed by atoms with Crippen LogP contribution in [0.1, 0.15) is 17.0 Å². The van der Waals surface area contributed by atoms with Crippen LogP contribution >= 0.6 is 11.3 Å². The third-order valence-corrected chi connectivity index (χ3v) is 5.95. The van der Waals surface area contributed by atoms with Gasteiger partial charge in [0.1, 0.15) is 16.6 Å². The molecule has 1 aliphatic rings. The van der Waals surface area contributed by atoms with Crippen molar-refractivity contribution < 1.29 is 23.6 Å². The van der Waals surface area contributed by atoms with E-state index in [1.165, 1.54) is 6.08 Å². The predicted molar refractivity (Wildman–Crippen MR) is 112 cm³/mol. The summed E-state index contributed by atoms with van der Waals surface area (Å²) in [6.45, 7) is 0. The third kappa shape index (κ3) is 3.64. The van der Waals surface area contributed by atoms with Gasteiger partial charge in [-0.1, -0.05) is 42.5 Å². The minimum Gasteiger partial charge on any atom is -0.476 e. The van der Waals surface area contributed by atoms with E-state index in [4.69, 9.17) is 0 Å². The smallest absolute Gasteiger partial charge is 0.387 e. The van der Waals surface area contributed by atoms with Gasteiger partial charge in [0.2, 0.25) is 0 Å². The van der Waals surface area contributed by atoms with Gasteiger partial charge in [-0.05, 0) is 23.3 Å². The van der Waals surface area contributed by atoms with Crippen LogP contribution in [0.5, 0.6) is 0 Å². The summed E-state index contributed by atoms with van der Waals surface area (Å²) in [5.41, 5.74) is -1.02. The number of nitro groups is 1. The number of carbonyl (C=O) groups is 1. The SMILES string of the molecule is O=C(O)C1([N+](=O)[O-])CC(c2nc(-c3cc(F)cc(F)c3)cs2)=CC=C1c1ccccc1. The highest BCUT2D eigenvalue weighted by Gasteiger charge is 2.57. The second kappa shape index (κ2) is 7.84. The summed E-state index contributed by atoms with van der Waals surface area (Å²) in [5.74, 6) is -3.09. The lowest BCUT2D eigenvalue weighted by Crippen LogP contribution is -2.48. The molecule has 0 aliphatic heterocycles. The molecule has 2 aromatic carbocycles. The number of thiazole rings is 1. The molecule has 0 bridgehead atoms. The number of aromatic nitrogens is 1. The first-order valence-electron chi connectivity index (χ1n) is 9.08. The molecule has 156 valence electrons. The maximum Gasteiger partial charge on any atom is 0.387 e. The summed E-state index contributed by atoms with van der Waals surface area (Å²) in [6.07, 6.45) is 2.61. The molecular weight excluding hydrogens is 426 g/mol. The van der Waals surface area contributed by atoms with Gasteiger partial charge in [-0.3, -0.25) is 10.1 Å². The number of aliphatic carboxylic acids is 1. The van der Waals surface area contributed by atoms with Gasteiger partial charge < -0.3 is 5.11 Å². The quantitative estimate of drug-likeness (QED) is 0.442. The summed E-state index contributed by atoms with van der Waals surface area (Å²) in [6, 6.07) is 11.3. The van der Waals surface area contributed by atoms with E-state index in [-0.39, 0.29) is 11.1 Å². The van der Waals surface area contributed by atoms with Crippen LogP contribution in [-0.2, 0) is 4.79 Å². The van der Waals surface area contributed by atoms with Gasteiger partial charge in [0.15, 0.2) is 0 Å². The van der Waals surface area contributed by atoms with Crippen LogP contribution in [0, 0.1) is 21.7 Å². The average Bonchev–Trinajstić information content (AvgIpc) is 3.23. The Labute approximate surface area is 179 Å². The molecule has 1 N–H and O–H groups in total. The number of hydrogen-bond donors (Lipinski definition) is 1. The van der Waals surface area contributed by atoms with Gasteiger partial charge in [0.05, 0.1) is 12.1 Å². The average molecular weight is 440 g/mol. The molecule has 0 saturated heterocycles. The van der Waals surface area contributed by atoms with E-state index < -0.39 is 34.5 Å². The Kier molecular flexibility index (Phi) is 5.20. The molecule has 1 aliphatic carbocycles. The van der Waals surface area contributed by atoms with Crippen LogP contribution in [-0.4, -0.2) is 26.5 Å². The Morgan fingerprint density at radius 3 is 2.39 bits per heavy atom. The summed E-state index contributed by atoms with van der Waals surface area (Å²) < 4.78 is 27.1. The number of benzene rings is 2. The summed E-state index contributed by atoms with van der Waals surface area (Å²) in [4.78, 5) is 27.8. The topological polar surface area (TPSA) is 93.3 Å². The first-order valence-corrected chi connectivity index (χ1v) is 9.96. The lowest BCUT2D eigenvalue weighted by molar-refractivity contribution is -0.535. The van der Waals surface area contributed by atoms with Crippen molar-refractivity contribution in [2.75, 3.05) is 0 Å². The minimum absolute atomic E-state index is 0.0679. The zero-order valence-electron chi connectivity index (χ0n) is 15.8. The normalized spacial score (nSPS) is 18.3. The Balaban J connectivity index is 1.79. The molecule has 6 nitrogen and oxygen atoms in total.